The number of unbranched alkanes of at least 4 members (excludes halogenated alkanes) is 19. The van der Waals surface area contributed by atoms with Gasteiger partial charge >= 0.3 is 11.9 Å². The maximum atomic E-state index is 11.8. The lowest BCUT2D eigenvalue weighted by Crippen LogP contribution is -2.28. The van der Waals surface area contributed by atoms with Crippen molar-refractivity contribution in [1.82, 2.24) is 0 Å². The van der Waals surface area contributed by atoms with Crippen LogP contribution in [0, 0.1) is 0 Å². The van der Waals surface area contributed by atoms with Gasteiger partial charge in [-0.25, -0.2) is 0 Å². The van der Waals surface area contributed by atoms with Gasteiger partial charge < -0.3 is 14.6 Å². The molecule has 1 N–H and O–H groups in total. The molecule has 33 heavy (non-hydrogen) atoms. The first-order chi connectivity index (χ1) is 16.1. The van der Waals surface area contributed by atoms with Gasteiger partial charge in [-0.1, -0.05) is 129 Å². The molecule has 0 amide bonds. The van der Waals surface area contributed by atoms with Crippen molar-refractivity contribution in [2.24, 2.45) is 0 Å². The summed E-state index contributed by atoms with van der Waals surface area (Å²) in [5.74, 6) is -0.776. The number of esters is 2. The molecule has 0 bridgehead atoms. The Morgan fingerprint density at radius 3 is 1.33 bits per heavy atom. The fraction of sp³-hybridized carbons (Fsp3) is 0.929. The summed E-state index contributed by atoms with van der Waals surface area (Å²) in [6.07, 6.45) is 26.2. The van der Waals surface area contributed by atoms with Crippen LogP contribution < -0.4 is 0 Å². The molecule has 0 aromatic rings. The van der Waals surface area contributed by atoms with Crippen LogP contribution in [0.4, 0.5) is 0 Å². The minimum atomic E-state index is -0.758. The van der Waals surface area contributed by atoms with Crippen LogP contribution in [0.5, 0.6) is 0 Å². The molecule has 0 fully saturated rings. The highest BCUT2D eigenvalue weighted by Crippen LogP contribution is 2.15. The number of aliphatic hydroxyl groups is 1. The van der Waals surface area contributed by atoms with E-state index in [0.717, 1.165) is 19.3 Å². The molecule has 0 radical (unpaired) electrons. The van der Waals surface area contributed by atoms with Crippen LogP contribution in [0.1, 0.15) is 149 Å². The number of rotatable bonds is 25. The van der Waals surface area contributed by atoms with E-state index in [9.17, 15) is 9.59 Å². The highest BCUT2D eigenvalue weighted by Gasteiger charge is 2.14. The van der Waals surface area contributed by atoms with Crippen molar-refractivity contribution in [3.63, 3.8) is 0 Å². The zero-order chi connectivity index (χ0) is 24.4. The summed E-state index contributed by atoms with van der Waals surface area (Å²) < 4.78 is 9.89. The van der Waals surface area contributed by atoms with Gasteiger partial charge in [-0.15, -0.1) is 0 Å². The van der Waals surface area contributed by atoms with Gasteiger partial charge in [0.15, 0.2) is 6.10 Å². The Morgan fingerprint density at radius 2 is 1.00 bits per heavy atom. The van der Waals surface area contributed by atoms with Crippen LogP contribution in [0.25, 0.3) is 0 Å². The highest BCUT2D eigenvalue weighted by atomic mass is 16.6. The molecule has 196 valence electrons. The highest BCUT2D eigenvalue weighted by molar-refractivity contribution is 5.69. The largest absolute Gasteiger partial charge is 0.462 e. The number of carbonyl (C=O) groups excluding carboxylic acids is 2. The van der Waals surface area contributed by atoms with Crippen molar-refractivity contribution in [2.75, 3.05) is 13.2 Å². The molecule has 0 saturated carbocycles. The first-order valence-corrected chi connectivity index (χ1v) is 14.0. The fourth-order valence-electron chi connectivity index (χ4n) is 4.10. The van der Waals surface area contributed by atoms with Gasteiger partial charge in [-0.3, -0.25) is 9.59 Å². The molecule has 1 atom stereocenters. The van der Waals surface area contributed by atoms with E-state index < -0.39 is 12.1 Å². The van der Waals surface area contributed by atoms with Gasteiger partial charge in [-0.2, -0.15) is 0 Å². The van der Waals surface area contributed by atoms with Crippen LogP contribution in [0.2, 0.25) is 0 Å². The molecule has 0 aliphatic rings. The third kappa shape index (κ3) is 25.4. The lowest BCUT2D eigenvalue weighted by molar-refractivity contribution is -0.160. The van der Waals surface area contributed by atoms with Crippen molar-refractivity contribution in [3.05, 3.63) is 0 Å². The van der Waals surface area contributed by atoms with Crippen LogP contribution in [-0.2, 0) is 19.1 Å². The van der Waals surface area contributed by atoms with E-state index >= 15 is 0 Å². The molecule has 0 aliphatic carbocycles. The first kappa shape index (κ1) is 31.9. The van der Waals surface area contributed by atoms with E-state index in [-0.39, 0.29) is 19.2 Å². The number of hydrogen-bond acceptors (Lipinski definition) is 5. The third-order valence-corrected chi connectivity index (χ3v) is 6.21. The van der Waals surface area contributed by atoms with E-state index in [1.165, 1.54) is 116 Å². The van der Waals surface area contributed by atoms with Gasteiger partial charge in [0.05, 0.1) is 6.61 Å². The average molecular weight is 471 g/mol. The molecule has 0 heterocycles. The summed E-state index contributed by atoms with van der Waals surface area (Å²) >= 11 is 0. The van der Waals surface area contributed by atoms with Crippen molar-refractivity contribution >= 4 is 11.9 Å². The van der Waals surface area contributed by atoms with E-state index in [1.807, 2.05) is 0 Å². The Labute approximate surface area is 204 Å². The minimum absolute atomic E-state index is 0.0865. The number of hydrogen-bond donors (Lipinski definition) is 1. The second-order valence-corrected chi connectivity index (χ2v) is 9.56. The zero-order valence-electron chi connectivity index (χ0n) is 21.9. The SMILES string of the molecule is CCCCCCCCCCCCCCCCCCCCCCC(=O)OC(CO)COC(C)=O. The molecule has 5 heteroatoms. The molecular weight excluding hydrogens is 416 g/mol. The molecule has 0 aromatic heterocycles. The standard InChI is InChI=1S/C28H54O5/c1-3-4-5-6-7-8-9-10-11-12-13-14-15-16-17-18-19-20-21-22-23-28(31)33-27(24-29)25-32-26(2)30/h27,29H,3-25H2,1-2H3. The van der Waals surface area contributed by atoms with Crippen molar-refractivity contribution in [3.8, 4) is 0 Å². The van der Waals surface area contributed by atoms with Crippen LogP contribution in [0.15, 0.2) is 0 Å². The van der Waals surface area contributed by atoms with E-state index in [2.05, 4.69) is 6.92 Å². The smallest absolute Gasteiger partial charge is 0.306 e. The molecule has 0 saturated heterocycles. The van der Waals surface area contributed by atoms with Gasteiger partial charge in [-0.05, 0) is 6.42 Å². The van der Waals surface area contributed by atoms with Crippen LogP contribution in [0.3, 0.4) is 0 Å². The third-order valence-electron chi connectivity index (χ3n) is 6.21. The Kier molecular flexibility index (Phi) is 24.7. The monoisotopic (exact) mass is 470 g/mol. The molecule has 0 aliphatic heterocycles. The second-order valence-electron chi connectivity index (χ2n) is 9.56. The predicted octanol–water partition coefficient (Wildman–Crippen LogP) is 7.67. The average Bonchev–Trinajstić information content (AvgIpc) is 2.80. The van der Waals surface area contributed by atoms with E-state index in [4.69, 9.17) is 14.6 Å². The lowest BCUT2D eigenvalue weighted by Gasteiger charge is -2.15. The molecular formula is C28H54O5. The minimum Gasteiger partial charge on any atom is -0.462 e. The van der Waals surface area contributed by atoms with Crippen molar-refractivity contribution in [1.29, 1.82) is 0 Å². The van der Waals surface area contributed by atoms with Gasteiger partial charge in [0.1, 0.15) is 6.61 Å². The number of carbonyl (C=O) groups is 2. The van der Waals surface area contributed by atoms with Crippen molar-refractivity contribution < 1.29 is 24.2 Å². The summed E-state index contributed by atoms with van der Waals surface area (Å²) in [4.78, 5) is 22.5. The summed E-state index contributed by atoms with van der Waals surface area (Å²) in [5.41, 5.74) is 0. The van der Waals surface area contributed by atoms with E-state index in [0.29, 0.717) is 6.42 Å². The fourth-order valence-corrected chi connectivity index (χ4v) is 4.10. The molecule has 1 unspecified atom stereocenters. The van der Waals surface area contributed by atoms with Gasteiger partial charge in [0.25, 0.3) is 0 Å². The Hall–Kier alpha value is -1.10. The molecule has 5 nitrogen and oxygen atoms in total. The van der Waals surface area contributed by atoms with Gasteiger partial charge in [0, 0.05) is 13.3 Å². The van der Waals surface area contributed by atoms with Crippen LogP contribution >= 0.6 is 0 Å². The molecule has 0 spiro atoms. The topological polar surface area (TPSA) is 72.8 Å². The number of aliphatic hydroxyl groups excluding tert-OH is 1. The van der Waals surface area contributed by atoms with Gasteiger partial charge in [0.2, 0.25) is 0 Å². The second kappa shape index (κ2) is 25.5. The normalized spacial score (nSPS) is 12.0. The van der Waals surface area contributed by atoms with Crippen molar-refractivity contribution in [2.45, 2.75) is 155 Å². The van der Waals surface area contributed by atoms with E-state index in [1.54, 1.807) is 0 Å². The Balaban J connectivity index is 3.26. The molecule has 0 aromatic carbocycles. The maximum Gasteiger partial charge on any atom is 0.306 e. The predicted molar refractivity (Wildman–Crippen MR) is 136 cm³/mol. The zero-order valence-corrected chi connectivity index (χ0v) is 21.9. The summed E-state index contributed by atoms with van der Waals surface area (Å²) in [6.45, 7) is 3.14. The van der Waals surface area contributed by atoms with Crippen LogP contribution in [-0.4, -0.2) is 36.4 Å². The Morgan fingerprint density at radius 1 is 0.636 bits per heavy atom. The quantitative estimate of drug-likeness (QED) is 0.109. The lowest BCUT2D eigenvalue weighted by atomic mass is 10.0. The Bertz CT molecular complexity index is 438. The number of ether oxygens (including phenoxy) is 2. The summed E-state index contributed by atoms with van der Waals surface area (Å²) in [5, 5.41) is 9.16. The summed E-state index contributed by atoms with van der Waals surface area (Å²) in [7, 11) is 0. The first-order valence-electron chi connectivity index (χ1n) is 14.0. The maximum absolute atomic E-state index is 11.8. The summed E-state index contributed by atoms with van der Waals surface area (Å²) in [6, 6.07) is 0. The molecule has 0 rings (SSSR count).